The van der Waals surface area contributed by atoms with Crippen molar-refractivity contribution in [2.24, 2.45) is 0 Å². The molecule has 1 aliphatic heterocycles. The van der Waals surface area contributed by atoms with Gasteiger partial charge in [-0.25, -0.2) is 0 Å². The minimum Gasteiger partial charge on any atom is -0.381 e. The van der Waals surface area contributed by atoms with Crippen LogP contribution in [-0.4, -0.2) is 34.4 Å². The summed E-state index contributed by atoms with van der Waals surface area (Å²) in [5.74, 6) is -0.0627. The largest absolute Gasteiger partial charge is 0.381 e. The summed E-state index contributed by atoms with van der Waals surface area (Å²) in [6, 6.07) is 9.69. The number of rotatable bonds is 4. The van der Waals surface area contributed by atoms with E-state index in [1.165, 1.54) is 4.88 Å². The minimum atomic E-state index is -0.0627. The van der Waals surface area contributed by atoms with Crippen molar-refractivity contribution < 1.29 is 9.53 Å². The van der Waals surface area contributed by atoms with E-state index < -0.39 is 0 Å². The Balaban J connectivity index is 1.52. The number of nitrogens with zero attached hydrogens (tertiary/aromatic N) is 2. The van der Waals surface area contributed by atoms with E-state index in [2.05, 4.69) is 31.6 Å². The second-order valence-corrected chi connectivity index (χ2v) is 7.50. The maximum atomic E-state index is 12.6. The fourth-order valence-corrected chi connectivity index (χ4v) is 4.63. The quantitative estimate of drug-likeness (QED) is 0.777. The average Bonchev–Trinajstić information content (AvgIpc) is 3.31. The summed E-state index contributed by atoms with van der Waals surface area (Å²) < 4.78 is 13.9. The van der Waals surface area contributed by atoms with Crippen LogP contribution < -0.4 is 5.32 Å². The summed E-state index contributed by atoms with van der Waals surface area (Å²) in [6.45, 7) is 2.11. The van der Waals surface area contributed by atoms with Crippen molar-refractivity contribution in [1.82, 2.24) is 14.1 Å². The number of fused-ring (bicyclic) bond motifs is 1. The Morgan fingerprint density at radius 3 is 2.83 bits per heavy atom. The van der Waals surface area contributed by atoms with Crippen molar-refractivity contribution in [3.8, 4) is 0 Å². The first kappa shape index (κ1) is 15.7. The van der Waals surface area contributed by atoms with Gasteiger partial charge in [-0.15, -0.1) is 11.3 Å². The maximum Gasteiger partial charge on any atom is 0.251 e. The molecule has 0 unspecified atom stereocenters. The minimum absolute atomic E-state index is 0.0195. The molecular weight excluding hydrogens is 342 g/mol. The molecule has 1 aliphatic rings. The van der Waals surface area contributed by atoms with Crippen LogP contribution in [0.25, 0.3) is 11.0 Å². The summed E-state index contributed by atoms with van der Waals surface area (Å²) in [4.78, 5) is 13.9. The van der Waals surface area contributed by atoms with Gasteiger partial charge in [-0.3, -0.25) is 4.79 Å². The zero-order chi connectivity index (χ0) is 16.4. The zero-order valence-electron chi connectivity index (χ0n) is 13.0. The van der Waals surface area contributed by atoms with Crippen molar-refractivity contribution in [1.29, 1.82) is 0 Å². The SMILES string of the molecule is O=C(NCC1(c2cccs2)CCOCC1)c1ccc2nsnc2c1. The van der Waals surface area contributed by atoms with Gasteiger partial charge < -0.3 is 10.1 Å². The standard InChI is InChI=1S/C17H17N3O2S2/c21-16(12-3-4-13-14(10-12)20-24-19-13)18-11-17(5-7-22-8-6-17)15-2-1-9-23-15/h1-4,9-10H,5-8,11H2,(H,18,21). The second-order valence-electron chi connectivity index (χ2n) is 6.02. The lowest BCUT2D eigenvalue weighted by Crippen LogP contribution is -2.44. The van der Waals surface area contributed by atoms with Crippen LogP contribution in [0.2, 0.25) is 0 Å². The molecule has 5 nitrogen and oxygen atoms in total. The first-order valence-corrected chi connectivity index (χ1v) is 9.50. The molecule has 2 aromatic heterocycles. The van der Waals surface area contributed by atoms with Gasteiger partial charge in [0.15, 0.2) is 0 Å². The summed E-state index contributed by atoms with van der Waals surface area (Å²) in [7, 11) is 0. The van der Waals surface area contributed by atoms with Gasteiger partial charge in [-0.2, -0.15) is 8.75 Å². The third-order valence-electron chi connectivity index (χ3n) is 4.60. The highest BCUT2D eigenvalue weighted by Crippen LogP contribution is 2.37. The van der Waals surface area contributed by atoms with Gasteiger partial charge in [0.05, 0.1) is 11.7 Å². The van der Waals surface area contributed by atoms with E-state index in [0.29, 0.717) is 12.1 Å². The van der Waals surface area contributed by atoms with Gasteiger partial charge in [-0.1, -0.05) is 6.07 Å². The number of ether oxygens (including phenoxy) is 1. The molecule has 1 amide bonds. The Kier molecular flexibility index (Phi) is 4.30. The highest BCUT2D eigenvalue weighted by Gasteiger charge is 2.35. The van der Waals surface area contributed by atoms with E-state index in [4.69, 9.17) is 4.74 Å². The van der Waals surface area contributed by atoms with E-state index in [1.54, 1.807) is 23.5 Å². The van der Waals surface area contributed by atoms with E-state index in [9.17, 15) is 4.79 Å². The molecule has 1 fully saturated rings. The predicted octanol–water partition coefficient (Wildman–Crippen LogP) is 3.23. The van der Waals surface area contributed by atoms with Crippen molar-refractivity contribution in [3.05, 3.63) is 46.2 Å². The highest BCUT2D eigenvalue weighted by atomic mass is 32.1. The smallest absolute Gasteiger partial charge is 0.251 e. The number of carbonyl (C=O) groups is 1. The molecule has 124 valence electrons. The number of amides is 1. The Bertz CT molecular complexity index is 839. The topological polar surface area (TPSA) is 64.1 Å². The van der Waals surface area contributed by atoms with Crippen LogP contribution in [0.5, 0.6) is 0 Å². The monoisotopic (exact) mass is 359 g/mol. The molecule has 1 N–H and O–H groups in total. The number of nitrogens with one attached hydrogen (secondary N) is 1. The number of benzene rings is 1. The van der Waals surface area contributed by atoms with E-state index in [0.717, 1.165) is 48.8 Å². The molecule has 0 radical (unpaired) electrons. The molecule has 0 bridgehead atoms. The zero-order valence-corrected chi connectivity index (χ0v) is 14.7. The molecule has 3 heterocycles. The lowest BCUT2D eigenvalue weighted by atomic mass is 9.78. The Morgan fingerprint density at radius 1 is 1.21 bits per heavy atom. The van der Waals surface area contributed by atoms with Gasteiger partial charge in [0.2, 0.25) is 0 Å². The molecule has 4 rings (SSSR count). The number of hydrogen-bond donors (Lipinski definition) is 1. The summed E-state index contributed by atoms with van der Waals surface area (Å²) in [6.07, 6.45) is 1.87. The fourth-order valence-electron chi connectivity index (χ4n) is 3.13. The molecule has 24 heavy (non-hydrogen) atoms. The first-order valence-electron chi connectivity index (χ1n) is 7.89. The number of carbonyl (C=O) groups excluding carboxylic acids is 1. The molecule has 0 atom stereocenters. The normalized spacial score (nSPS) is 17.0. The maximum absolute atomic E-state index is 12.6. The third kappa shape index (κ3) is 2.94. The van der Waals surface area contributed by atoms with Crippen LogP contribution in [0.15, 0.2) is 35.7 Å². The predicted molar refractivity (Wildman–Crippen MR) is 95.8 cm³/mol. The lowest BCUT2D eigenvalue weighted by molar-refractivity contribution is 0.0499. The van der Waals surface area contributed by atoms with Gasteiger partial charge in [0.25, 0.3) is 5.91 Å². The molecule has 0 saturated carbocycles. The van der Waals surface area contributed by atoms with Crippen LogP contribution in [0.4, 0.5) is 0 Å². The number of thiophene rings is 1. The molecule has 7 heteroatoms. The van der Waals surface area contributed by atoms with Crippen molar-refractivity contribution in [3.63, 3.8) is 0 Å². The van der Waals surface area contributed by atoms with Gasteiger partial charge in [0.1, 0.15) is 11.0 Å². The second kappa shape index (κ2) is 6.58. The van der Waals surface area contributed by atoms with Crippen molar-refractivity contribution in [2.75, 3.05) is 19.8 Å². The van der Waals surface area contributed by atoms with Gasteiger partial charge in [0, 0.05) is 35.6 Å². The average molecular weight is 359 g/mol. The number of aromatic nitrogens is 2. The van der Waals surface area contributed by atoms with Crippen LogP contribution in [0.3, 0.4) is 0 Å². The van der Waals surface area contributed by atoms with Crippen molar-refractivity contribution >= 4 is 40.0 Å². The molecule has 1 saturated heterocycles. The van der Waals surface area contributed by atoms with E-state index >= 15 is 0 Å². The van der Waals surface area contributed by atoms with E-state index in [1.807, 2.05) is 6.07 Å². The molecule has 3 aromatic rings. The molecular formula is C17H17N3O2S2. The Hall–Kier alpha value is -1.83. The fraction of sp³-hybridized carbons (Fsp3) is 0.353. The molecule has 0 aliphatic carbocycles. The van der Waals surface area contributed by atoms with Crippen LogP contribution in [0.1, 0.15) is 28.1 Å². The first-order chi connectivity index (χ1) is 11.8. The lowest BCUT2D eigenvalue weighted by Gasteiger charge is -2.36. The van der Waals surface area contributed by atoms with Crippen LogP contribution >= 0.6 is 23.1 Å². The number of hydrogen-bond acceptors (Lipinski definition) is 6. The Labute approximate surface area is 148 Å². The molecule has 0 spiro atoms. The van der Waals surface area contributed by atoms with Gasteiger partial charge >= 0.3 is 0 Å². The Morgan fingerprint density at radius 2 is 2.04 bits per heavy atom. The third-order valence-corrected chi connectivity index (χ3v) is 6.27. The van der Waals surface area contributed by atoms with Gasteiger partial charge in [-0.05, 0) is 42.5 Å². The molecule has 1 aromatic carbocycles. The van der Waals surface area contributed by atoms with Crippen LogP contribution in [-0.2, 0) is 10.2 Å². The van der Waals surface area contributed by atoms with Crippen molar-refractivity contribution in [2.45, 2.75) is 18.3 Å². The highest BCUT2D eigenvalue weighted by molar-refractivity contribution is 7.10. The summed E-state index contributed by atoms with van der Waals surface area (Å²) in [5.41, 5.74) is 2.21. The summed E-state index contributed by atoms with van der Waals surface area (Å²) in [5, 5.41) is 5.22. The summed E-state index contributed by atoms with van der Waals surface area (Å²) >= 11 is 2.92. The van der Waals surface area contributed by atoms with Crippen LogP contribution in [0, 0.1) is 0 Å². The van der Waals surface area contributed by atoms with E-state index in [-0.39, 0.29) is 11.3 Å².